The van der Waals surface area contributed by atoms with Gasteiger partial charge in [0.15, 0.2) is 0 Å². The van der Waals surface area contributed by atoms with Gasteiger partial charge in [-0.1, -0.05) is 43.2 Å². The van der Waals surface area contributed by atoms with Crippen LogP contribution in [0, 0.1) is 13.8 Å². The lowest BCUT2D eigenvalue weighted by Gasteiger charge is -2.30. The van der Waals surface area contributed by atoms with Crippen LogP contribution >= 0.6 is 0 Å². The van der Waals surface area contributed by atoms with Gasteiger partial charge in [0.1, 0.15) is 6.04 Å². The number of methoxy groups -OCH3 is 1. The fourth-order valence-corrected chi connectivity index (χ4v) is 1.95. The third-order valence-electron chi connectivity index (χ3n) is 3.20. The second-order valence-corrected chi connectivity index (χ2v) is 5.10. The van der Waals surface area contributed by atoms with Crippen molar-refractivity contribution in [1.29, 1.82) is 0 Å². The zero-order valence-corrected chi connectivity index (χ0v) is 11.2. The molecule has 0 bridgehead atoms. The maximum absolute atomic E-state index is 11.6. The van der Waals surface area contributed by atoms with Gasteiger partial charge < -0.3 is 10.5 Å². The van der Waals surface area contributed by atoms with E-state index in [1.54, 1.807) is 0 Å². The van der Waals surface area contributed by atoms with Gasteiger partial charge >= 0.3 is 5.97 Å². The molecule has 2 N–H and O–H groups in total. The van der Waals surface area contributed by atoms with Crippen molar-refractivity contribution < 1.29 is 9.53 Å². The van der Waals surface area contributed by atoms with Gasteiger partial charge in [-0.05, 0) is 19.4 Å². The highest BCUT2D eigenvalue weighted by atomic mass is 16.5. The number of nitrogens with two attached hydrogens (primary N) is 1. The molecule has 0 aliphatic carbocycles. The summed E-state index contributed by atoms with van der Waals surface area (Å²) in [5.41, 5.74) is 8.93. The second kappa shape index (κ2) is 4.88. The van der Waals surface area contributed by atoms with Crippen LogP contribution in [-0.2, 0) is 14.9 Å². The predicted molar refractivity (Wildman–Crippen MR) is 68.9 cm³/mol. The first-order chi connectivity index (χ1) is 7.78. The van der Waals surface area contributed by atoms with E-state index in [0.717, 1.165) is 5.56 Å². The first kappa shape index (κ1) is 13.7. The summed E-state index contributed by atoms with van der Waals surface area (Å²) in [6, 6.07) is 5.57. The Morgan fingerprint density at radius 1 is 1.24 bits per heavy atom. The molecule has 0 spiro atoms. The minimum absolute atomic E-state index is 0.380. The number of carbonyl (C=O) groups is 1. The Kier molecular flexibility index (Phi) is 3.94. The van der Waals surface area contributed by atoms with Gasteiger partial charge in [0, 0.05) is 5.41 Å². The lowest BCUT2D eigenvalue weighted by molar-refractivity contribution is -0.143. The Bertz CT molecular complexity index is 404. The molecule has 0 saturated carbocycles. The molecule has 1 atom stereocenters. The van der Waals surface area contributed by atoms with Gasteiger partial charge in [0.05, 0.1) is 7.11 Å². The van der Waals surface area contributed by atoms with Gasteiger partial charge in [-0.25, -0.2) is 0 Å². The normalized spacial score (nSPS) is 13.3. The van der Waals surface area contributed by atoms with Crippen LogP contribution in [0.2, 0.25) is 0 Å². The maximum Gasteiger partial charge on any atom is 0.323 e. The number of ether oxygens (including phenoxy) is 1. The topological polar surface area (TPSA) is 52.3 Å². The largest absolute Gasteiger partial charge is 0.468 e. The molecular weight excluding hydrogens is 214 g/mol. The van der Waals surface area contributed by atoms with E-state index < -0.39 is 11.5 Å². The minimum Gasteiger partial charge on any atom is -0.468 e. The van der Waals surface area contributed by atoms with E-state index in [4.69, 9.17) is 10.5 Å². The SMILES string of the molecule is COC(=O)C(N)C(C)(C)c1cc(C)cc(C)c1. The van der Waals surface area contributed by atoms with Crippen LogP contribution in [0.1, 0.15) is 30.5 Å². The Hall–Kier alpha value is -1.35. The van der Waals surface area contributed by atoms with Crippen LogP contribution in [0.15, 0.2) is 18.2 Å². The first-order valence-corrected chi connectivity index (χ1v) is 5.71. The van der Waals surface area contributed by atoms with Crippen molar-refractivity contribution in [2.75, 3.05) is 7.11 Å². The smallest absolute Gasteiger partial charge is 0.323 e. The molecular formula is C14H21NO2. The highest BCUT2D eigenvalue weighted by molar-refractivity contribution is 5.77. The summed E-state index contributed by atoms with van der Waals surface area (Å²) in [6.45, 7) is 8.00. The highest BCUT2D eigenvalue weighted by Gasteiger charge is 2.34. The predicted octanol–water partition coefficient (Wildman–Crippen LogP) is 2.08. The van der Waals surface area contributed by atoms with Crippen molar-refractivity contribution >= 4 is 5.97 Å². The Morgan fingerprint density at radius 3 is 2.12 bits per heavy atom. The molecule has 1 unspecified atom stereocenters. The summed E-state index contributed by atoms with van der Waals surface area (Å²) in [7, 11) is 1.36. The molecule has 3 heteroatoms. The number of hydrogen-bond acceptors (Lipinski definition) is 3. The molecule has 0 amide bonds. The molecule has 1 aromatic rings. The van der Waals surface area contributed by atoms with Gasteiger partial charge in [-0.15, -0.1) is 0 Å². The molecule has 3 nitrogen and oxygen atoms in total. The molecule has 0 radical (unpaired) electrons. The molecule has 0 heterocycles. The van der Waals surface area contributed by atoms with Crippen molar-refractivity contribution in [3.05, 3.63) is 34.9 Å². The van der Waals surface area contributed by atoms with E-state index in [1.165, 1.54) is 18.2 Å². The van der Waals surface area contributed by atoms with E-state index in [1.807, 2.05) is 27.7 Å². The van der Waals surface area contributed by atoms with Crippen LogP contribution in [0.25, 0.3) is 0 Å². The molecule has 17 heavy (non-hydrogen) atoms. The monoisotopic (exact) mass is 235 g/mol. The zero-order valence-electron chi connectivity index (χ0n) is 11.2. The molecule has 0 saturated heterocycles. The quantitative estimate of drug-likeness (QED) is 0.816. The number of benzene rings is 1. The van der Waals surface area contributed by atoms with Gasteiger partial charge in [0.2, 0.25) is 0 Å². The molecule has 1 aromatic carbocycles. The summed E-state index contributed by atoms with van der Waals surface area (Å²) in [4.78, 5) is 11.6. The number of hydrogen-bond donors (Lipinski definition) is 1. The minimum atomic E-state index is -0.659. The number of carbonyl (C=O) groups excluding carboxylic acids is 1. The third-order valence-corrected chi connectivity index (χ3v) is 3.20. The standard InChI is InChI=1S/C14H21NO2/c1-9-6-10(2)8-11(7-9)14(3,4)12(15)13(16)17-5/h6-8,12H,15H2,1-5H3. The third kappa shape index (κ3) is 2.86. The number of esters is 1. The second-order valence-electron chi connectivity index (χ2n) is 5.10. The Morgan fingerprint density at radius 2 is 1.71 bits per heavy atom. The van der Waals surface area contributed by atoms with Crippen LogP contribution in [0.4, 0.5) is 0 Å². The van der Waals surface area contributed by atoms with E-state index in [2.05, 4.69) is 18.2 Å². The highest BCUT2D eigenvalue weighted by Crippen LogP contribution is 2.28. The lowest BCUT2D eigenvalue weighted by atomic mass is 9.77. The Balaban J connectivity index is 3.15. The molecule has 0 aliphatic rings. The fraction of sp³-hybridized carbons (Fsp3) is 0.500. The van der Waals surface area contributed by atoms with E-state index >= 15 is 0 Å². The van der Waals surface area contributed by atoms with Gasteiger partial charge in [-0.3, -0.25) is 4.79 Å². The van der Waals surface area contributed by atoms with Crippen molar-refractivity contribution in [2.45, 2.75) is 39.2 Å². The first-order valence-electron chi connectivity index (χ1n) is 5.71. The van der Waals surface area contributed by atoms with E-state index in [-0.39, 0.29) is 5.97 Å². The zero-order chi connectivity index (χ0) is 13.2. The summed E-state index contributed by atoms with van der Waals surface area (Å²) in [5.74, 6) is -0.380. The summed E-state index contributed by atoms with van der Waals surface area (Å²) in [5, 5.41) is 0. The van der Waals surface area contributed by atoms with Gasteiger partial charge in [0.25, 0.3) is 0 Å². The van der Waals surface area contributed by atoms with E-state index in [9.17, 15) is 4.79 Å². The number of rotatable bonds is 3. The van der Waals surface area contributed by atoms with Crippen LogP contribution in [0.5, 0.6) is 0 Å². The van der Waals surface area contributed by atoms with Gasteiger partial charge in [-0.2, -0.15) is 0 Å². The van der Waals surface area contributed by atoms with Crippen molar-refractivity contribution in [2.24, 2.45) is 5.73 Å². The summed E-state index contributed by atoms with van der Waals surface area (Å²) >= 11 is 0. The molecule has 1 rings (SSSR count). The van der Waals surface area contributed by atoms with E-state index in [0.29, 0.717) is 0 Å². The average Bonchev–Trinajstić information content (AvgIpc) is 2.25. The van der Waals surface area contributed by atoms with Crippen LogP contribution < -0.4 is 5.73 Å². The molecule has 94 valence electrons. The van der Waals surface area contributed by atoms with Crippen LogP contribution in [-0.4, -0.2) is 19.1 Å². The summed E-state index contributed by atoms with van der Waals surface area (Å²) in [6.07, 6.45) is 0. The molecule has 0 aliphatic heterocycles. The summed E-state index contributed by atoms with van der Waals surface area (Å²) < 4.78 is 4.72. The van der Waals surface area contributed by atoms with Crippen molar-refractivity contribution in [1.82, 2.24) is 0 Å². The average molecular weight is 235 g/mol. The fourth-order valence-electron chi connectivity index (χ4n) is 1.95. The maximum atomic E-state index is 11.6. The molecule has 0 fully saturated rings. The lowest BCUT2D eigenvalue weighted by Crippen LogP contribution is -2.47. The number of aryl methyl sites for hydroxylation is 2. The van der Waals surface area contributed by atoms with Crippen LogP contribution in [0.3, 0.4) is 0 Å². The van der Waals surface area contributed by atoms with Crippen molar-refractivity contribution in [3.63, 3.8) is 0 Å². The Labute approximate surface area is 103 Å². The molecule has 0 aromatic heterocycles. The van der Waals surface area contributed by atoms with Crippen molar-refractivity contribution in [3.8, 4) is 0 Å².